The molecule has 0 spiro atoms. The Bertz CT molecular complexity index is 294. The van der Waals surface area contributed by atoms with E-state index >= 15 is 0 Å². The van der Waals surface area contributed by atoms with Gasteiger partial charge in [0.25, 0.3) is 0 Å². The summed E-state index contributed by atoms with van der Waals surface area (Å²) in [6.07, 6.45) is 2.88. The summed E-state index contributed by atoms with van der Waals surface area (Å²) in [4.78, 5) is 26.0. The molecule has 0 aromatic rings. The van der Waals surface area contributed by atoms with Crippen molar-refractivity contribution in [2.75, 3.05) is 13.1 Å². The van der Waals surface area contributed by atoms with Gasteiger partial charge in [0, 0.05) is 19.0 Å². The van der Waals surface area contributed by atoms with Crippen LogP contribution in [0.15, 0.2) is 0 Å². The third kappa shape index (κ3) is 4.31. The lowest BCUT2D eigenvalue weighted by Crippen LogP contribution is -2.49. The van der Waals surface area contributed by atoms with Crippen LogP contribution < -0.4 is 5.32 Å². The summed E-state index contributed by atoms with van der Waals surface area (Å²) in [5, 5.41) is 2.89. The smallest absolute Gasteiger partial charge is 0.245 e. The fourth-order valence-electron chi connectivity index (χ4n) is 2.19. The van der Waals surface area contributed by atoms with Crippen LogP contribution in [0.3, 0.4) is 0 Å². The minimum absolute atomic E-state index is 0.0341. The van der Waals surface area contributed by atoms with Crippen molar-refractivity contribution in [2.24, 2.45) is 11.8 Å². The predicted molar refractivity (Wildman–Crippen MR) is 72.0 cm³/mol. The molecule has 1 rings (SSSR count). The Kier molecular flexibility index (Phi) is 5.63. The van der Waals surface area contributed by atoms with E-state index in [0.717, 1.165) is 25.9 Å². The molecule has 1 aliphatic heterocycles. The van der Waals surface area contributed by atoms with E-state index in [1.165, 1.54) is 0 Å². The van der Waals surface area contributed by atoms with Gasteiger partial charge in [0.2, 0.25) is 11.8 Å². The second-order valence-electron chi connectivity index (χ2n) is 5.88. The van der Waals surface area contributed by atoms with E-state index < -0.39 is 0 Å². The zero-order valence-electron chi connectivity index (χ0n) is 12.0. The van der Waals surface area contributed by atoms with Gasteiger partial charge in [0.1, 0.15) is 6.04 Å². The molecule has 18 heavy (non-hydrogen) atoms. The molecule has 1 aliphatic rings. The van der Waals surface area contributed by atoms with E-state index in [0.29, 0.717) is 12.3 Å². The molecule has 1 N–H and O–H groups in total. The second kappa shape index (κ2) is 6.76. The first-order valence-corrected chi connectivity index (χ1v) is 7.01. The lowest BCUT2D eigenvalue weighted by atomic mass is 10.0. The summed E-state index contributed by atoms with van der Waals surface area (Å²) in [5.74, 6) is 0.378. The number of amides is 2. The molecule has 1 saturated heterocycles. The Morgan fingerprint density at radius 3 is 2.11 bits per heavy atom. The molecule has 0 aromatic carbocycles. The van der Waals surface area contributed by atoms with Crippen LogP contribution in [-0.2, 0) is 9.59 Å². The van der Waals surface area contributed by atoms with Gasteiger partial charge in [0.05, 0.1) is 0 Å². The van der Waals surface area contributed by atoms with Crippen molar-refractivity contribution in [2.45, 2.75) is 53.0 Å². The van der Waals surface area contributed by atoms with E-state index in [2.05, 4.69) is 19.2 Å². The summed E-state index contributed by atoms with van der Waals surface area (Å²) >= 11 is 0. The second-order valence-corrected chi connectivity index (χ2v) is 5.88. The van der Waals surface area contributed by atoms with Crippen molar-refractivity contribution in [3.63, 3.8) is 0 Å². The van der Waals surface area contributed by atoms with Gasteiger partial charge >= 0.3 is 0 Å². The van der Waals surface area contributed by atoms with Crippen molar-refractivity contribution in [1.82, 2.24) is 10.2 Å². The number of likely N-dealkylation sites (tertiary alicyclic amines) is 1. The van der Waals surface area contributed by atoms with Gasteiger partial charge in [-0.15, -0.1) is 0 Å². The van der Waals surface area contributed by atoms with E-state index in [1.807, 2.05) is 18.7 Å². The van der Waals surface area contributed by atoms with Gasteiger partial charge in [0.15, 0.2) is 0 Å². The zero-order valence-corrected chi connectivity index (χ0v) is 12.0. The van der Waals surface area contributed by atoms with Crippen molar-refractivity contribution >= 4 is 11.8 Å². The average molecular weight is 254 g/mol. The first-order valence-electron chi connectivity index (χ1n) is 7.01. The highest BCUT2D eigenvalue weighted by Gasteiger charge is 2.28. The molecular formula is C14H26N2O2. The lowest BCUT2D eigenvalue weighted by Gasteiger charge is -2.26. The SMILES string of the molecule is CC(C)C[C@@H](NC(=O)C(C)C)C(=O)N1CCCC1. The number of hydrogen-bond donors (Lipinski definition) is 1. The predicted octanol–water partition coefficient (Wildman–Crippen LogP) is 1.80. The third-order valence-corrected chi connectivity index (χ3v) is 3.26. The maximum atomic E-state index is 12.4. The summed E-state index contributed by atoms with van der Waals surface area (Å²) in [7, 11) is 0. The van der Waals surface area contributed by atoms with Crippen molar-refractivity contribution < 1.29 is 9.59 Å². The summed E-state index contributed by atoms with van der Waals surface area (Å²) in [6.45, 7) is 9.53. The normalized spacial score (nSPS) is 17.3. The highest BCUT2D eigenvalue weighted by Crippen LogP contribution is 2.14. The number of nitrogens with zero attached hydrogens (tertiary/aromatic N) is 1. The first-order chi connectivity index (χ1) is 8.41. The van der Waals surface area contributed by atoms with Crippen LogP contribution in [0.5, 0.6) is 0 Å². The van der Waals surface area contributed by atoms with E-state index in [1.54, 1.807) is 0 Å². The highest BCUT2D eigenvalue weighted by atomic mass is 16.2. The van der Waals surface area contributed by atoms with Gasteiger partial charge in [-0.1, -0.05) is 27.7 Å². The molecule has 0 radical (unpaired) electrons. The van der Waals surface area contributed by atoms with Crippen LogP contribution in [0.4, 0.5) is 0 Å². The minimum atomic E-state index is -0.349. The Labute approximate surface area is 110 Å². The highest BCUT2D eigenvalue weighted by molar-refractivity contribution is 5.88. The topological polar surface area (TPSA) is 49.4 Å². The molecule has 104 valence electrons. The van der Waals surface area contributed by atoms with Gasteiger partial charge in [-0.05, 0) is 25.2 Å². The van der Waals surface area contributed by atoms with Crippen molar-refractivity contribution in [1.29, 1.82) is 0 Å². The molecule has 1 atom stereocenters. The fourth-order valence-corrected chi connectivity index (χ4v) is 2.19. The maximum Gasteiger partial charge on any atom is 0.245 e. The van der Waals surface area contributed by atoms with Crippen LogP contribution in [0, 0.1) is 11.8 Å². The third-order valence-electron chi connectivity index (χ3n) is 3.26. The lowest BCUT2D eigenvalue weighted by molar-refractivity contribution is -0.136. The van der Waals surface area contributed by atoms with E-state index in [4.69, 9.17) is 0 Å². The average Bonchev–Trinajstić information content (AvgIpc) is 2.79. The van der Waals surface area contributed by atoms with Crippen LogP contribution >= 0.6 is 0 Å². The Morgan fingerprint density at radius 1 is 1.11 bits per heavy atom. The zero-order chi connectivity index (χ0) is 13.7. The van der Waals surface area contributed by atoms with E-state index in [9.17, 15) is 9.59 Å². The molecule has 4 nitrogen and oxygen atoms in total. The van der Waals surface area contributed by atoms with Crippen LogP contribution in [0.2, 0.25) is 0 Å². The Morgan fingerprint density at radius 2 is 1.67 bits per heavy atom. The number of nitrogens with one attached hydrogen (secondary N) is 1. The van der Waals surface area contributed by atoms with Crippen LogP contribution in [-0.4, -0.2) is 35.8 Å². The fraction of sp³-hybridized carbons (Fsp3) is 0.857. The Balaban J connectivity index is 2.64. The molecular weight excluding hydrogens is 228 g/mol. The van der Waals surface area contributed by atoms with E-state index in [-0.39, 0.29) is 23.8 Å². The summed E-state index contributed by atoms with van der Waals surface area (Å²) in [6, 6.07) is -0.349. The molecule has 0 unspecified atom stereocenters. The van der Waals surface area contributed by atoms with Gasteiger partial charge in [-0.25, -0.2) is 0 Å². The first kappa shape index (κ1) is 15.0. The molecule has 1 fully saturated rings. The largest absolute Gasteiger partial charge is 0.344 e. The summed E-state index contributed by atoms with van der Waals surface area (Å²) < 4.78 is 0. The number of carbonyl (C=O) groups excluding carboxylic acids is 2. The molecule has 1 heterocycles. The monoisotopic (exact) mass is 254 g/mol. The molecule has 2 amide bonds. The minimum Gasteiger partial charge on any atom is -0.344 e. The number of carbonyl (C=O) groups is 2. The molecule has 0 saturated carbocycles. The van der Waals surface area contributed by atoms with Gasteiger partial charge in [-0.3, -0.25) is 9.59 Å². The Hall–Kier alpha value is -1.06. The van der Waals surface area contributed by atoms with Crippen molar-refractivity contribution in [3.8, 4) is 0 Å². The van der Waals surface area contributed by atoms with Gasteiger partial charge < -0.3 is 10.2 Å². The number of rotatable bonds is 5. The standard InChI is InChI=1S/C14H26N2O2/c1-10(2)9-12(15-13(17)11(3)4)14(18)16-7-5-6-8-16/h10-12H,5-9H2,1-4H3,(H,15,17)/t12-/m1/s1. The maximum absolute atomic E-state index is 12.4. The summed E-state index contributed by atoms with van der Waals surface area (Å²) in [5.41, 5.74) is 0. The van der Waals surface area contributed by atoms with Crippen LogP contribution in [0.1, 0.15) is 47.0 Å². The number of hydrogen-bond acceptors (Lipinski definition) is 2. The molecule has 0 aromatic heterocycles. The van der Waals surface area contributed by atoms with Crippen molar-refractivity contribution in [3.05, 3.63) is 0 Å². The van der Waals surface area contributed by atoms with Crippen LogP contribution in [0.25, 0.3) is 0 Å². The molecule has 4 heteroatoms. The van der Waals surface area contributed by atoms with Gasteiger partial charge in [-0.2, -0.15) is 0 Å². The molecule has 0 aliphatic carbocycles. The quantitative estimate of drug-likeness (QED) is 0.813. The molecule has 0 bridgehead atoms.